The van der Waals surface area contributed by atoms with Crippen LogP contribution in [0.25, 0.3) is 0 Å². The van der Waals surface area contributed by atoms with Crippen LogP contribution in [0.3, 0.4) is 0 Å². The number of likely N-dealkylation sites (N-methyl/N-ethyl adjacent to an activating group) is 1. The Balaban J connectivity index is 2.01. The summed E-state index contributed by atoms with van der Waals surface area (Å²) in [5.41, 5.74) is 3.22. The van der Waals surface area contributed by atoms with E-state index in [9.17, 15) is 14.9 Å². The number of carbonyl (C=O) groups is 1. The van der Waals surface area contributed by atoms with Gasteiger partial charge in [0.15, 0.2) is 0 Å². The fourth-order valence-corrected chi connectivity index (χ4v) is 2.47. The minimum Gasteiger partial charge on any atom is -0.319 e. The molecule has 0 fully saturated rings. The number of nitro benzene ring substituents is 1. The highest BCUT2D eigenvalue weighted by Crippen LogP contribution is 2.25. The smallest absolute Gasteiger partial charge is 0.293 e. The Morgan fingerprint density at radius 1 is 1.21 bits per heavy atom. The maximum atomic E-state index is 12.2. The second-order valence-corrected chi connectivity index (χ2v) is 5.92. The van der Waals surface area contributed by atoms with Gasteiger partial charge in [-0.05, 0) is 43.7 Å². The SMILES string of the molecule is Cc1ccc(NC(=O)CN(C)Cc2ccccc2C)c([N+](=O)[O-])c1. The van der Waals surface area contributed by atoms with Crippen LogP contribution in [-0.4, -0.2) is 29.3 Å². The van der Waals surface area contributed by atoms with E-state index in [1.54, 1.807) is 19.1 Å². The zero-order valence-electron chi connectivity index (χ0n) is 14.1. The molecule has 0 atom stereocenters. The molecule has 2 aromatic carbocycles. The molecular formula is C18H21N3O3. The summed E-state index contributed by atoms with van der Waals surface area (Å²) in [6, 6.07) is 12.7. The van der Waals surface area contributed by atoms with Gasteiger partial charge in [-0.3, -0.25) is 19.8 Å². The van der Waals surface area contributed by atoms with Crippen LogP contribution in [0, 0.1) is 24.0 Å². The number of aryl methyl sites for hydroxylation is 2. The van der Waals surface area contributed by atoms with E-state index in [0.717, 1.165) is 11.1 Å². The highest BCUT2D eigenvalue weighted by Gasteiger charge is 2.17. The van der Waals surface area contributed by atoms with Gasteiger partial charge < -0.3 is 5.32 Å². The molecule has 1 amide bonds. The Kier molecular flexibility index (Phi) is 5.65. The summed E-state index contributed by atoms with van der Waals surface area (Å²) in [7, 11) is 1.84. The van der Waals surface area contributed by atoms with Gasteiger partial charge in [-0.1, -0.05) is 30.3 Å². The van der Waals surface area contributed by atoms with Crippen LogP contribution in [0.15, 0.2) is 42.5 Å². The fourth-order valence-electron chi connectivity index (χ4n) is 2.47. The molecule has 2 aromatic rings. The summed E-state index contributed by atoms with van der Waals surface area (Å²) in [6.45, 7) is 4.59. The summed E-state index contributed by atoms with van der Waals surface area (Å²) in [5.74, 6) is -0.280. The molecule has 6 heteroatoms. The van der Waals surface area contributed by atoms with Crippen molar-refractivity contribution in [1.82, 2.24) is 4.90 Å². The molecule has 0 bridgehead atoms. The van der Waals surface area contributed by atoms with Crippen molar-refractivity contribution in [2.75, 3.05) is 18.9 Å². The molecule has 6 nitrogen and oxygen atoms in total. The van der Waals surface area contributed by atoms with Gasteiger partial charge >= 0.3 is 0 Å². The standard InChI is InChI=1S/C18H21N3O3/c1-13-8-9-16(17(10-13)21(23)24)19-18(22)12-20(3)11-15-7-5-4-6-14(15)2/h4-10H,11-12H2,1-3H3,(H,19,22). The average Bonchev–Trinajstić information content (AvgIpc) is 2.51. The Morgan fingerprint density at radius 3 is 2.58 bits per heavy atom. The first-order valence-electron chi connectivity index (χ1n) is 7.65. The second kappa shape index (κ2) is 7.70. The van der Waals surface area contributed by atoms with Gasteiger partial charge in [0.25, 0.3) is 5.69 Å². The van der Waals surface area contributed by atoms with E-state index in [1.807, 2.05) is 43.1 Å². The first kappa shape index (κ1) is 17.6. The van der Waals surface area contributed by atoms with Crippen molar-refractivity contribution in [1.29, 1.82) is 0 Å². The van der Waals surface area contributed by atoms with Crippen LogP contribution in [0.2, 0.25) is 0 Å². The van der Waals surface area contributed by atoms with E-state index in [-0.39, 0.29) is 23.8 Å². The van der Waals surface area contributed by atoms with E-state index in [1.165, 1.54) is 11.6 Å². The zero-order valence-corrected chi connectivity index (χ0v) is 14.1. The number of rotatable bonds is 6. The number of amides is 1. The van der Waals surface area contributed by atoms with Crippen molar-refractivity contribution in [2.45, 2.75) is 20.4 Å². The summed E-state index contributed by atoms with van der Waals surface area (Å²) >= 11 is 0. The normalized spacial score (nSPS) is 10.7. The molecule has 2 rings (SSSR count). The van der Waals surface area contributed by atoms with Gasteiger partial charge in [-0.2, -0.15) is 0 Å². The molecular weight excluding hydrogens is 306 g/mol. The fraction of sp³-hybridized carbons (Fsp3) is 0.278. The van der Waals surface area contributed by atoms with E-state index >= 15 is 0 Å². The molecule has 0 radical (unpaired) electrons. The lowest BCUT2D eigenvalue weighted by Crippen LogP contribution is -2.30. The van der Waals surface area contributed by atoms with E-state index in [0.29, 0.717) is 6.54 Å². The lowest BCUT2D eigenvalue weighted by atomic mass is 10.1. The zero-order chi connectivity index (χ0) is 17.7. The van der Waals surface area contributed by atoms with Gasteiger partial charge in [0.2, 0.25) is 5.91 Å². The minimum absolute atomic E-state index is 0.0927. The lowest BCUT2D eigenvalue weighted by molar-refractivity contribution is -0.384. The number of anilines is 1. The monoisotopic (exact) mass is 327 g/mol. The maximum Gasteiger partial charge on any atom is 0.293 e. The van der Waals surface area contributed by atoms with Gasteiger partial charge in [0.05, 0.1) is 11.5 Å². The third kappa shape index (κ3) is 4.63. The quantitative estimate of drug-likeness (QED) is 0.652. The van der Waals surface area contributed by atoms with E-state index in [2.05, 4.69) is 5.32 Å². The lowest BCUT2D eigenvalue weighted by Gasteiger charge is -2.17. The summed E-state index contributed by atoms with van der Waals surface area (Å²) in [4.78, 5) is 24.7. The number of hydrogen-bond donors (Lipinski definition) is 1. The van der Waals surface area contributed by atoms with Crippen molar-refractivity contribution in [3.05, 3.63) is 69.3 Å². The van der Waals surface area contributed by atoms with Gasteiger partial charge in [-0.25, -0.2) is 0 Å². The molecule has 0 unspecified atom stereocenters. The Bertz CT molecular complexity index is 759. The van der Waals surface area contributed by atoms with Crippen molar-refractivity contribution in [2.24, 2.45) is 0 Å². The third-order valence-corrected chi connectivity index (χ3v) is 3.74. The number of benzene rings is 2. The van der Waals surface area contributed by atoms with Crippen LogP contribution in [-0.2, 0) is 11.3 Å². The predicted molar refractivity (Wildman–Crippen MR) is 94.0 cm³/mol. The van der Waals surface area contributed by atoms with Crippen molar-refractivity contribution in [3.8, 4) is 0 Å². The summed E-state index contributed by atoms with van der Waals surface area (Å²) < 4.78 is 0. The topological polar surface area (TPSA) is 75.5 Å². The third-order valence-electron chi connectivity index (χ3n) is 3.74. The van der Waals surface area contributed by atoms with E-state index in [4.69, 9.17) is 0 Å². The minimum atomic E-state index is -0.486. The molecule has 0 saturated carbocycles. The number of nitro groups is 1. The first-order valence-corrected chi connectivity index (χ1v) is 7.65. The summed E-state index contributed by atoms with van der Waals surface area (Å²) in [6.07, 6.45) is 0. The Labute approximate surface area is 141 Å². The van der Waals surface area contributed by atoms with Crippen LogP contribution < -0.4 is 5.32 Å². The van der Waals surface area contributed by atoms with Gasteiger partial charge in [0, 0.05) is 12.6 Å². The Hall–Kier alpha value is -2.73. The average molecular weight is 327 g/mol. The number of carbonyl (C=O) groups excluding carboxylic acids is 1. The highest BCUT2D eigenvalue weighted by atomic mass is 16.6. The molecule has 0 aliphatic heterocycles. The first-order chi connectivity index (χ1) is 11.4. The van der Waals surface area contributed by atoms with Crippen molar-refractivity contribution >= 4 is 17.3 Å². The van der Waals surface area contributed by atoms with Gasteiger partial charge in [-0.15, -0.1) is 0 Å². The molecule has 0 aliphatic rings. The van der Waals surface area contributed by atoms with Crippen LogP contribution >= 0.6 is 0 Å². The molecule has 0 spiro atoms. The van der Waals surface area contributed by atoms with E-state index < -0.39 is 4.92 Å². The molecule has 24 heavy (non-hydrogen) atoms. The van der Waals surface area contributed by atoms with Crippen molar-refractivity contribution in [3.63, 3.8) is 0 Å². The maximum absolute atomic E-state index is 12.2. The number of nitrogens with one attached hydrogen (secondary N) is 1. The molecule has 126 valence electrons. The van der Waals surface area contributed by atoms with Crippen LogP contribution in [0.5, 0.6) is 0 Å². The Morgan fingerprint density at radius 2 is 1.92 bits per heavy atom. The molecule has 0 aliphatic carbocycles. The molecule has 1 N–H and O–H groups in total. The molecule has 0 aromatic heterocycles. The van der Waals surface area contributed by atoms with Gasteiger partial charge in [0.1, 0.15) is 5.69 Å². The molecule has 0 saturated heterocycles. The largest absolute Gasteiger partial charge is 0.319 e. The van der Waals surface area contributed by atoms with Crippen molar-refractivity contribution < 1.29 is 9.72 Å². The number of hydrogen-bond acceptors (Lipinski definition) is 4. The van der Waals surface area contributed by atoms with Crippen LogP contribution in [0.4, 0.5) is 11.4 Å². The molecule has 0 heterocycles. The number of nitrogens with zero attached hydrogens (tertiary/aromatic N) is 2. The highest BCUT2D eigenvalue weighted by molar-refractivity contribution is 5.94. The van der Waals surface area contributed by atoms with Crippen LogP contribution in [0.1, 0.15) is 16.7 Å². The summed E-state index contributed by atoms with van der Waals surface area (Å²) in [5, 5.41) is 13.7. The second-order valence-electron chi connectivity index (χ2n) is 5.92. The predicted octanol–water partition coefficient (Wildman–Crippen LogP) is 3.28.